The highest BCUT2D eigenvalue weighted by molar-refractivity contribution is 4.51. The van der Waals surface area contributed by atoms with Crippen LogP contribution in [0.1, 0.15) is 142 Å². The van der Waals surface area contributed by atoms with E-state index in [1.807, 2.05) is 0 Å². The first-order valence-corrected chi connectivity index (χ1v) is 12.6. The van der Waals surface area contributed by atoms with E-state index in [1.165, 1.54) is 128 Å². The lowest BCUT2D eigenvalue weighted by Crippen LogP contribution is -2.32. The van der Waals surface area contributed by atoms with Gasteiger partial charge in [-0.15, -0.1) is 0 Å². The van der Waals surface area contributed by atoms with E-state index in [1.54, 1.807) is 14.1 Å². The molecule has 0 N–H and O–H groups in total. The van der Waals surface area contributed by atoms with E-state index in [0.29, 0.717) is 0 Å². The molecule has 0 aliphatic carbocycles. The second-order valence-electron chi connectivity index (χ2n) is 9.37. The summed E-state index contributed by atoms with van der Waals surface area (Å²) < 4.78 is -0.126. The Balaban J connectivity index is 3.01. The molecule has 27 heavy (non-hydrogen) atoms. The van der Waals surface area contributed by atoms with Crippen molar-refractivity contribution in [2.24, 2.45) is 0 Å². The Bertz CT molecular complexity index is 272. The third kappa shape index (κ3) is 25.9. The molecule has 0 aliphatic rings. The SMILES string of the molecule is CCCCCCCCCCCCCCCCCCCCCCC[N+](C)(C)[O-]. The number of hydrogen-bond donors (Lipinski definition) is 0. The molecule has 0 unspecified atom stereocenters. The predicted molar refractivity (Wildman–Crippen MR) is 123 cm³/mol. The minimum atomic E-state index is -0.126. The van der Waals surface area contributed by atoms with E-state index in [2.05, 4.69) is 6.92 Å². The Morgan fingerprint density at radius 2 is 0.630 bits per heavy atom. The first-order valence-electron chi connectivity index (χ1n) is 12.6. The molecule has 0 fully saturated rings. The summed E-state index contributed by atoms with van der Waals surface area (Å²) in [6.07, 6.45) is 29.6. The first-order chi connectivity index (χ1) is 13.1. The molecule has 0 amide bonds. The number of nitrogens with zero attached hydrogens (tertiary/aromatic N) is 1. The molecule has 0 aromatic rings. The lowest BCUT2D eigenvalue weighted by atomic mass is 10.0. The van der Waals surface area contributed by atoms with Crippen molar-refractivity contribution in [3.8, 4) is 0 Å². The van der Waals surface area contributed by atoms with E-state index in [-0.39, 0.29) is 4.65 Å². The van der Waals surface area contributed by atoms with Crippen LogP contribution in [-0.4, -0.2) is 25.3 Å². The van der Waals surface area contributed by atoms with Crippen molar-refractivity contribution >= 4 is 0 Å². The van der Waals surface area contributed by atoms with Crippen molar-refractivity contribution in [3.05, 3.63) is 5.21 Å². The first kappa shape index (κ1) is 26.9. The molecule has 164 valence electrons. The second-order valence-corrected chi connectivity index (χ2v) is 9.37. The quantitative estimate of drug-likeness (QED) is 0.104. The van der Waals surface area contributed by atoms with E-state index < -0.39 is 0 Å². The van der Waals surface area contributed by atoms with E-state index >= 15 is 0 Å². The highest BCUT2D eigenvalue weighted by Gasteiger charge is 2.00. The molecule has 0 saturated carbocycles. The fourth-order valence-electron chi connectivity index (χ4n) is 3.92. The fourth-order valence-corrected chi connectivity index (χ4v) is 3.92. The summed E-state index contributed by atoms with van der Waals surface area (Å²) in [5.41, 5.74) is 0. The van der Waals surface area contributed by atoms with Crippen molar-refractivity contribution in [3.63, 3.8) is 0 Å². The van der Waals surface area contributed by atoms with Gasteiger partial charge in [0.25, 0.3) is 0 Å². The number of hydrogen-bond acceptors (Lipinski definition) is 1. The molecule has 0 saturated heterocycles. The maximum Gasteiger partial charge on any atom is 0.0779 e. The molecular weight excluding hydrogens is 330 g/mol. The molecule has 2 nitrogen and oxygen atoms in total. The summed E-state index contributed by atoms with van der Waals surface area (Å²) in [6, 6.07) is 0. The van der Waals surface area contributed by atoms with Gasteiger partial charge in [0.15, 0.2) is 0 Å². The highest BCUT2D eigenvalue weighted by Crippen LogP contribution is 2.15. The summed E-state index contributed by atoms with van der Waals surface area (Å²) in [7, 11) is 3.49. The van der Waals surface area contributed by atoms with E-state index in [9.17, 15) is 5.21 Å². The van der Waals surface area contributed by atoms with Gasteiger partial charge in [-0.25, -0.2) is 0 Å². The van der Waals surface area contributed by atoms with Gasteiger partial charge in [-0.1, -0.05) is 129 Å². The minimum absolute atomic E-state index is 0.126. The van der Waals surface area contributed by atoms with Crippen LogP contribution in [-0.2, 0) is 0 Å². The lowest BCUT2D eigenvalue weighted by Gasteiger charge is -2.33. The number of rotatable bonds is 22. The van der Waals surface area contributed by atoms with Crippen molar-refractivity contribution in [1.82, 2.24) is 0 Å². The van der Waals surface area contributed by atoms with Crippen molar-refractivity contribution in [1.29, 1.82) is 0 Å². The molecule has 0 aliphatic heterocycles. The Morgan fingerprint density at radius 1 is 0.407 bits per heavy atom. The highest BCUT2D eigenvalue weighted by atomic mass is 16.5. The average Bonchev–Trinajstić information content (AvgIpc) is 2.62. The average molecular weight is 384 g/mol. The van der Waals surface area contributed by atoms with Crippen LogP contribution >= 0.6 is 0 Å². The van der Waals surface area contributed by atoms with Crippen LogP contribution < -0.4 is 0 Å². The zero-order valence-electron chi connectivity index (χ0n) is 19.4. The van der Waals surface area contributed by atoms with E-state index in [4.69, 9.17) is 0 Å². The molecule has 2 heteroatoms. The maximum atomic E-state index is 11.4. The summed E-state index contributed by atoms with van der Waals surface area (Å²) in [5, 5.41) is 11.4. The van der Waals surface area contributed by atoms with Gasteiger partial charge in [0.1, 0.15) is 0 Å². The maximum absolute atomic E-state index is 11.4. The van der Waals surface area contributed by atoms with Crippen molar-refractivity contribution < 1.29 is 4.65 Å². The van der Waals surface area contributed by atoms with Gasteiger partial charge in [0, 0.05) is 0 Å². The molecule has 0 radical (unpaired) electrons. The lowest BCUT2D eigenvalue weighted by molar-refractivity contribution is -0.840. The van der Waals surface area contributed by atoms with Gasteiger partial charge in [0.2, 0.25) is 0 Å². The van der Waals surface area contributed by atoms with Crippen molar-refractivity contribution in [2.75, 3.05) is 20.6 Å². The molecule has 0 bridgehead atoms. The summed E-state index contributed by atoms with van der Waals surface area (Å²) in [5.74, 6) is 0. The third-order valence-corrected chi connectivity index (χ3v) is 5.80. The van der Waals surface area contributed by atoms with Crippen LogP contribution in [0.3, 0.4) is 0 Å². The van der Waals surface area contributed by atoms with Crippen LogP contribution in [0, 0.1) is 5.21 Å². The molecule has 0 aromatic carbocycles. The Morgan fingerprint density at radius 3 is 0.852 bits per heavy atom. The van der Waals surface area contributed by atoms with Crippen LogP contribution in [0.4, 0.5) is 0 Å². The van der Waals surface area contributed by atoms with Gasteiger partial charge in [-0.2, -0.15) is 0 Å². The largest absolute Gasteiger partial charge is 0.633 e. The van der Waals surface area contributed by atoms with Gasteiger partial charge in [-0.05, 0) is 12.8 Å². The third-order valence-electron chi connectivity index (χ3n) is 5.80. The molecule has 0 heterocycles. The summed E-state index contributed by atoms with van der Waals surface area (Å²) in [4.78, 5) is 0. The molecule has 0 atom stereocenters. The van der Waals surface area contributed by atoms with Crippen LogP contribution in [0.15, 0.2) is 0 Å². The zero-order chi connectivity index (χ0) is 20.1. The minimum Gasteiger partial charge on any atom is -0.633 e. The number of quaternary nitrogens is 1. The molecule has 0 aromatic heterocycles. The second kappa shape index (κ2) is 20.6. The molecule has 0 rings (SSSR count). The molecule has 0 spiro atoms. The zero-order valence-corrected chi connectivity index (χ0v) is 19.4. The summed E-state index contributed by atoms with van der Waals surface area (Å²) in [6.45, 7) is 3.07. The van der Waals surface area contributed by atoms with Gasteiger partial charge in [0.05, 0.1) is 20.6 Å². The van der Waals surface area contributed by atoms with Gasteiger partial charge < -0.3 is 9.85 Å². The number of unbranched alkanes of at least 4 members (excludes halogenated alkanes) is 20. The number of hydroxylamine groups is 3. The van der Waals surface area contributed by atoms with Crippen LogP contribution in [0.25, 0.3) is 0 Å². The van der Waals surface area contributed by atoms with Gasteiger partial charge in [-0.3, -0.25) is 0 Å². The predicted octanol–water partition coefficient (Wildman–Crippen LogP) is 8.77. The standard InChI is InChI=1S/C25H53NO/c1-4-5-6-7-8-9-10-11-12-13-14-15-16-17-18-19-20-21-22-23-24-25-26(2,3)27/h4-25H2,1-3H3. The topological polar surface area (TPSA) is 23.1 Å². The normalized spacial score (nSPS) is 12.0. The smallest absolute Gasteiger partial charge is 0.0779 e. The monoisotopic (exact) mass is 383 g/mol. The van der Waals surface area contributed by atoms with E-state index in [0.717, 1.165) is 13.0 Å². The summed E-state index contributed by atoms with van der Waals surface area (Å²) >= 11 is 0. The van der Waals surface area contributed by atoms with Crippen LogP contribution in [0.2, 0.25) is 0 Å². The Kier molecular flexibility index (Phi) is 20.6. The van der Waals surface area contributed by atoms with Crippen LogP contribution in [0.5, 0.6) is 0 Å². The fraction of sp³-hybridized carbons (Fsp3) is 1.00. The van der Waals surface area contributed by atoms with Gasteiger partial charge >= 0.3 is 0 Å². The van der Waals surface area contributed by atoms with Crippen molar-refractivity contribution in [2.45, 2.75) is 142 Å². The Hall–Kier alpha value is -0.0800. The molecular formula is C25H53NO. The Labute approximate surface area is 172 Å².